The fourth-order valence-corrected chi connectivity index (χ4v) is 4.75. The Hall–Kier alpha value is -3.49. The van der Waals surface area contributed by atoms with Gasteiger partial charge in [0.25, 0.3) is 9.05 Å². The third-order valence-corrected chi connectivity index (χ3v) is 6.90. The Labute approximate surface area is 189 Å². The van der Waals surface area contributed by atoms with Crippen LogP contribution in [0.25, 0.3) is 39.5 Å². The van der Waals surface area contributed by atoms with Gasteiger partial charge in [-0.3, -0.25) is 4.57 Å². The van der Waals surface area contributed by atoms with Crippen molar-refractivity contribution >= 4 is 42.4 Å². The number of nitrogens with two attached hydrogens (primary N) is 1. The van der Waals surface area contributed by atoms with Gasteiger partial charge in [-0.1, -0.05) is 30.3 Å². The zero-order valence-corrected chi connectivity index (χ0v) is 18.4. The van der Waals surface area contributed by atoms with E-state index in [1.54, 1.807) is 18.3 Å². The van der Waals surface area contributed by atoms with Crippen LogP contribution < -0.4 is 5.73 Å². The lowest BCUT2D eigenvalue weighted by atomic mass is 10.1. The number of nitrogens with zero attached hydrogens (tertiary/aromatic N) is 4. The van der Waals surface area contributed by atoms with Crippen LogP contribution >= 0.6 is 10.7 Å². The number of halogens is 1. The quantitative estimate of drug-likeness (QED) is 0.435. The van der Waals surface area contributed by atoms with E-state index in [-0.39, 0.29) is 11.3 Å². The molecule has 32 heavy (non-hydrogen) atoms. The first-order valence-corrected chi connectivity index (χ1v) is 12.2. The SMILES string of the molecule is Nc1ncccc1-c1nc2ccc(-c3ccccc3)nc2n1C1=CC=C(S(=O)(=O)Cl)CC1. The van der Waals surface area contributed by atoms with Crippen molar-refractivity contribution in [1.29, 1.82) is 0 Å². The van der Waals surface area contributed by atoms with Gasteiger partial charge in [-0.25, -0.2) is 23.4 Å². The van der Waals surface area contributed by atoms with Crippen LogP contribution in [0, 0.1) is 0 Å². The van der Waals surface area contributed by atoms with E-state index in [1.807, 2.05) is 53.1 Å². The zero-order valence-electron chi connectivity index (χ0n) is 16.8. The van der Waals surface area contributed by atoms with E-state index < -0.39 is 9.05 Å². The summed E-state index contributed by atoms with van der Waals surface area (Å²) in [5.41, 5.74) is 10.8. The average Bonchev–Trinajstić information content (AvgIpc) is 3.18. The number of imidazole rings is 1. The van der Waals surface area contributed by atoms with Crippen LogP contribution in [0.5, 0.6) is 0 Å². The second-order valence-corrected chi connectivity index (χ2v) is 9.96. The van der Waals surface area contributed by atoms with E-state index >= 15 is 0 Å². The van der Waals surface area contributed by atoms with E-state index in [0.29, 0.717) is 34.8 Å². The molecule has 0 atom stereocenters. The molecule has 1 aliphatic rings. The second kappa shape index (κ2) is 7.89. The first-order chi connectivity index (χ1) is 15.4. The molecule has 0 saturated heterocycles. The summed E-state index contributed by atoms with van der Waals surface area (Å²) in [6.45, 7) is 0. The minimum absolute atomic E-state index is 0.188. The number of anilines is 1. The van der Waals surface area contributed by atoms with Gasteiger partial charge in [0.15, 0.2) is 5.65 Å². The number of hydrogen-bond donors (Lipinski definition) is 1. The number of benzene rings is 1. The summed E-state index contributed by atoms with van der Waals surface area (Å²) in [6.07, 6.45) is 5.64. The zero-order chi connectivity index (χ0) is 22.3. The predicted octanol–water partition coefficient (Wildman–Crippen LogP) is 4.83. The summed E-state index contributed by atoms with van der Waals surface area (Å²) in [6, 6.07) is 17.4. The van der Waals surface area contributed by atoms with Crippen molar-refractivity contribution in [3.05, 3.63) is 77.9 Å². The molecule has 0 saturated carbocycles. The lowest BCUT2D eigenvalue weighted by Gasteiger charge is -2.17. The number of hydrogen-bond acceptors (Lipinski definition) is 6. The average molecular weight is 464 g/mol. The van der Waals surface area contributed by atoms with Crippen molar-refractivity contribution in [3.63, 3.8) is 0 Å². The number of pyridine rings is 2. The Kier molecular flexibility index (Phi) is 5.03. The summed E-state index contributed by atoms with van der Waals surface area (Å²) in [4.78, 5) is 14.1. The van der Waals surface area contributed by atoms with Gasteiger partial charge in [0.05, 0.1) is 16.2 Å². The van der Waals surface area contributed by atoms with Gasteiger partial charge >= 0.3 is 0 Å². The van der Waals surface area contributed by atoms with Gasteiger partial charge < -0.3 is 5.73 Å². The summed E-state index contributed by atoms with van der Waals surface area (Å²) in [5, 5.41) is 0. The van der Waals surface area contributed by atoms with Gasteiger partial charge in [0, 0.05) is 28.1 Å². The molecule has 0 unspecified atom stereocenters. The highest BCUT2D eigenvalue weighted by Gasteiger charge is 2.23. The molecular formula is C23H18ClN5O2S. The van der Waals surface area contributed by atoms with Crippen molar-refractivity contribution in [3.8, 4) is 22.6 Å². The highest BCUT2D eigenvalue weighted by atomic mass is 35.7. The topological polar surface area (TPSA) is 104 Å². The monoisotopic (exact) mass is 463 g/mol. The summed E-state index contributed by atoms with van der Waals surface area (Å²) < 4.78 is 25.4. The molecule has 0 aliphatic heterocycles. The Morgan fingerprint density at radius 1 is 0.938 bits per heavy atom. The summed E-state index contributed by atoms with van der Waals surface area (Å²) in [5.74, 6) is 0.948. The van der Waals surface area contributed by atoms with Crippen LogP contribution in [0.2, 0.25) is 0 Å². The Bertz CT molecular complexity index is 1510. The number of nitrogen functional groups attached to an aromatic ring is 1. The van der Waals surface area contributed by atoms with Crippen molar-refractivity contribution in [2.45, 2.75) is 12.8 Å². The molecule has 160 valence electrons. The van der Waals surface area contributed by atoms with Crippen LogP contribution in [-0.2, 0) is 9.05 Å². The summed E-state index contributed by atoms with van der Waals surface area (Å²) >= 11 is 0. The lowest BCUT2D eigenvalue weighted by Crippen LogP contribution is -2.07. The van der Waals surface area contributed by atoms with Crippen molar-refractivity contribution < 1.29 is 8.42 Å². The second-order valence-electron chi connectivity index (χ2n) is 7.34. The standard InChI is InChI=1S/C23H18ClN5O2S/c24-32(30,31)17-10-8-16(9-11-17)29-22(18-7-4-14-26-21(18)25)28-20-13-12-19(27-23(20)29)15-5-2-1-3-6-15/h1-8,10,12-14H,9,11H2,(H2,25,26). The molecule has 1 aromatic carbocycles. The molecule has 7 nitrogen and oxygen atoms in total. The summed E-state index contributed by atoms with van der Waals surface area (Å²) in [7, 11) is 1.78. The molecule has 9 heteroatoms. The fourth-order valence-electron chi connectivity index (χ4n) is 3.78. The van der Waals surface area contributed by atoms with E-state index in [0.717, 1.165) is 17.0 Å². The minimum atomic E-state index is -3.75. The van der Waals surface area contributed by atoms with Crippen molar-refractivity contribution in [1.82, 2.24) is 19.5 Å². The first kappa shape index (κ1) is 20.4. The Balaban J connectivity index is 1.76. The van der Waals surface area contributed by atoms with E-state index in [2.05, 4.69) is 4.98 Å². The number of aromatic nitrogens is 4. The number of allylic oxidation sites excluding steroid dienone is 4. The molecule has 0 fully saturated rings. The molecule has 0 spiro atoms. The van der Waals surface area contributed by atoms with E-state index in [4.69, 9.17) is 26.4 Å². The molecular weight excluding hydrogens is 446 g/mol. The predicted molar refractivity (Wildman–Crippen MR) is 127 cm³/mol. The molecule has 1 aliphatic carbocycles. The first-order valence-electron chi connectivity index (χ1n) is 9.92. The fraction of sp³-hybridized carbons (Fsp3) is 0.0870. The van der Waals surface area contributed by atoms with Gasteiger partial charge in [-0.05, 0) is 49.3 Å². The molecule has 4 aromatic rings. The molecule has 0 radical (unpaired) electrons. The highest BCUT2D eigenvalue weighted by molar-refractivity contribution is 8.16. The highest BCUT2D eigenvalue weighted by Crippen LogP contribution is 2.35. The third kappa shape index (κ3) is 3.68. The minimum Gasteiger partial charge on any atom is -0.383 e. The maximum atomic E-state index is 11.7. The number of rotatable bonds is 4. The lowest BCUT2D eigenvalue weighted by molar-refractivity contribution is 0.613. The largest absolute Gasteiger partial charge is 0.383 e. The number of fused-ring (bicyclic) bond motifs is 1. The Morgan fingerprint density at radius 2 is 1.75 bits per heavy atom. The van der Waals surface area contributed by atoms with Crippen LogP contribution in [-0.4, -0.2) is 27.9 Å². The van der Waals surface area contributed by atoms with Crippen LogP contribution in [0.15, 0.2) is 77.9 Å². The van der Waals surface area contributed by atoms with Crippen LogP contribution in [0.4, 0.5) is 5.82 Å². The molecule has 0 bridgehead atoms. The third-order valence-electron chi connectivity index (χ3n) is 5.34. The Morgan fingerprint density at radius 3 is 2.44 bits per heavy atom. The van der Waals surface area contributed by atoms with Crippen molar-refractivity contribution in [2.75, 3.05) is 5.73 Å². The molecule has 3 heterocycles. The smallest absolute Gasteiger partial charge is 0.257 e. The molecule has 0 amide bonds. The van der Waals surface area contributed by atoms with Crippen LogP contribution in [0.3, 0.4) is 0 Å². The van der Waals surface area contributed by atoms with Gasteiger partial charge in [0.1, 0.15) is 17.2 Å². The van der Waals surface area contributed by atoms with E-state index in [1.165, 1.54) is 6.08 Å². The van der Waals surface area contributed by atoms with Gasteiger partial charge in [0.2, 0.25) is 0 Å². The van der Waals surface area contributed by atoms with Gasteiger partial charge in [-0.2, -0.15) is 0 Å². The normalized spacial score (nSPS) is 14.3. The van der Waals surface area contributed by atoms with Crippen molar-refractivity contribution in [2.24, 2.45) is 0 Å². The van der Waals surface area contributed by atoms with Crippen LogP contribution in [0.1, 0.15) is 12.8 Å². The molecule has 3 aromatic heterocycles. The maximum absolute atomic E-state index is 11.7. The molecule has 2 N–H and O–H groups in total. The van der Waals surface area contributed by atoms with E-state index in [9.17, 15) is 8.42 Å². The maximum Gasteiger partial charge on any atom is 0.257 e. The van der Waals surface area contributed by atoms with Gasteiger partial charge in [-0.15, -0.1) is 0 Å². The molecule has 5 rings (SSSR count).